The van der Waals surface area contributed by atoms with Gasteiger partial charge in [-0.3, -0.25) is 4.79 Å². The first kappa shape index (κ1) is 20.6. The van der Waals surface area contributed by atoms with E-state index in [1.165, 1.54) is 6.08 Å². The van der Waals surface area contributed by atoms with Crippen molar-refractivity contribution in [3.05, 3.63) is 43.0 Å². The molecule has 0 radical (unpaired) electrons. The first-order valence-corrected chi connectivity index (χ1v) is 9.71. The van der Waals surface area contributed by atoms with E-state index in [1.807, 2.05) is 49.3 Å². The Morgan fingerprint density at radius 2 is 1.93 bits per heavy atom. The Kier molecular flexibility index (Phi) is 6.32. The zero-order valence-electron chi connectivity index (χ0n) is 17.5. The second-order valence-electron chi connectivity index (χ2n) is 7.49. The van der Waals surface area contributed by atoms with E-state index < -0.39 is 0 Å². The average molecular weight is 396 g/mol. The van der Waals surface area contributed by atoms with Crippen LogP contribution in [0.3, 0.4) is 0 Å². The molecule has 2 aromatic carbocycles. The lowest BCUT2D eigenvalue weighted by Gasteiger charge is -2.25. The molecule has 1 aliphatic heterocycles. The summed E-state index contributed by atoms with van der Waals surface area (Å²) in [6, 6.07) is 9.67. The van der Waals surface area contributed by atoms with E-state index in [9.17, 15) is 4.79 Å². The van der Waals surface area contributed by atoms with Crippen molar-refractivity contribution in [2.75, 3.05) is 44.1 Å². The molecule has 0 saturated carbocycles. The summed E-state index contributed by atoms with van der Waals surface area (Å²) in [5.41, 5.74) is 3.38. The molecule has 1 N–H and O–H groups in total. The molecule has 0 aliphatic carbocycles. The average Bonchev–Trinajstić information content (AvgIpc) is 2.71. The number of rotatable bonds is 7. The van der Waals surface area contributed by atoms with Crippen LogP contribution in [0.15, 0.2) is 43.0 Å². The molecule has 1 heterocycles. The van der Waals surface area contributed by atoms with Crippen LogP contribution in [-0.2, 0) is 4.79 Å². The molecule has 29 heavy (non-hydrogen) atoms. The van der Waals surface area contributed by atoms with E-state index in [2.05, 4.69) is 25.7 Å². The van der Waals surface area contributed by atoms with Crippen molar-refractivity contribution in [2.24, 2.45) is 5.92 Å². The Hall–Kier alpha value is -3.15. The van der Waals surface area contributed by atoms with Gasteiger partial charge in [0.15, 0.2) is 17.2 Å². The summed E-state index contributed by atoms with van der Waals surface area (Å²) in [5.74, 6) is 2.09. The highest BCUT2D eigenvalue weighted by atomic mass is 16.6. The van der Waals surface area contributed by atoms with Gasteiger partial charge in [-0.05, 0) is 41.8 Å². The quantitative estimate of drug-likeness (QED) is 0.705. The van der Waals surface area contributed by atoms with E-state index in [1.54, 1.807) is 0 Å². The Morgan fingerprint density at radius 1 is 1.21 bits per heavy atom. The van der Waals surface area contributed by atoms with Gasteiger partial charge in [0.1, 0.15) is 13.2 Å². The first-order chi connectivity index (χ1) is 13.9. The van der Waals surface area contributed by atoms with E-state index in [-0.39, 0.29) is 5.91 Å². The number of nitrogens with one attached hydrogen (secondary N) is 1. The monoisotopic (exact) mass is 396 g/mol. The minimum atomic E-state index is -0.287. The summed E-state index contributed by atoms with van der Waals surface area (Å²) >= 11 is 0. The minimum absolute atomic E-state index is 0.287. The number of anilines is 2. The number of ether oxygens (including phenoxy) is 3. The van der Waals surface area contributed by atoms with Crippen molar-refractivity contribution in [2.45, 2.75) is 13.8 Å². The molecule has 154 valence electrons. The van der Waals surface area contributed by atoms with E-state index in [0.29, 0.717) is 42.9 Å². The van der Waals surface area contributed by atoms with Gasteiger partial charge >= 0.3 is 0 Å². The van der Waals surface area contributed by atoms with Gasteiger partial charge < -0.3 is 24.4 Å². The number of carbonyl (C=O) groups excluding carboxylic acids is 1. The number of hydrogen-bond acceptors (Lipinski definition) is 5. The molecule has 6 nitrogen and oxygen atoms in total. The molecule has 0 aromatic heterocycles. The number of benzene rings is 2. The smallest absolute Gasteiger partial charge is 0.247 e. The molecule has 6 heteroatoms. The molecule has 0 bridgehead atoms. The van der Waals surface area contributed by atoms with Gasteiger partial charge in [0, 0.05) is 25.3 Å². The van der Waals surface area contributed by atoms with Gasteiger partial charge in [0.05, 0.1) is 12.3 Å². The maximum Gasteiger partial charge on any atom is 0.247 e. The molecule has 1 aliphatic rings. The predicted molar refractivity (Wildman–Crippen MR) is 116 cm³/mol. The van der Waals surface area contributed by atoms with Gasteiger partial charge in [-0.25, -0.2) is 0 Å². The van der Waals surface area contributed by atoms with Crippen LogP contribution in [0.5, 0.6) is 17.2 Å². The van der Waals surface area contributed by atoms with Gasteiger partial charge in [-0.15, -0.1) is 0 Å². The SMILES string of the molecule is C=CC(=O)Nc1ccc(N(C)C)c(-c2ccc3c(c2)OCCO3)c1OCC(C)C. The number of fused-ring (bicyclic) bond motifs is 1. The van der Waals surface area contributed by atoms with Crippen molar-refractivity contribution in [3.63, 3.8) is 0 Å². The van der Waals surface area contributed by atoms with E-state index in [0.717, 1.165) is 22.6 Å². The minimum Gasteiger partial charge on any atom is -0.490 e. The third-order valence-corrected chi connectivity index (χ3v) is 4.45. The Labute approximate surface area is 172 Å². The van der Waals surface area contributed by atoms with Crippen LogP contribution < -0.4 is 24.4 Å². The molecule has 1 amide bonds. The lowest BCUT2D eigenvalue weighted by Crippen LogP contribution is -2.16. The van der Waals surface area contributed by atoms with E-state index >= 15 is 0 Å². The maximum absolute atomic E-state index is 12.0. The highest BCUT2D eigenvalue weighted by Crippen LogP contribution is 2.46. The predicted octanol–water partition coefficient (Wildman–Crippen LogP) is 4.35. The fourth-order valence-electron chi connectivity index (χ4n) is 3.10. The normalized spacial score (nSPS) is 12.4. The fraction of sp³-hybridized carbons (Fsp3) is 0.348. The number of carbonyl (C=O) groups is 1. The van der Waals surface area contributed by atoms with Crippen LogP contribution in [0, 0.1) is 5.92 Å². The number of nitrogens with zero attached hydrogens (tertiary/aromatic N) is 1. The zero-order chi connectivity index (χ0) is 21.0. The highest BCUT2D eigenvalue weighted by molar-refractivity contribution is 6.02. The summed E-state index contributed by atoms with van der Waals surface area (Å²) in [7, 11) is 3.95. The molecule has 0 spiro atoms. The van der Waals surface area contributed by atoms with Crippen molar-refractivity contribution in [1.29, 1.82) is 0 Å². The maximum atomic E-state index is 12.0. The van der Waals surface area contributed by atoms with Crippen LogP contribution in [0.4, 0.5) is 11.4 Å². The highest BCUT2D eigenvalue weighted by Gasteiger charge is 2.22. The van der Waals surface area contributed by atoms with Gasteiger partial charge in [0.25, 0.3) is 0 Å². The van der Waals surface area contributed by atoms with Crippen molar-refractivity contribution in [1.82, 2.24) is 0 Å². The summed E-state index contributed by atoms with van der Waals surface area (Å²) in [6.07, 6.45) is 1.25. The molecule has 0 saturated heterocycles. The van der Waals surface area contributed by atoms with Gasteiger partial charge in [-0.1, -0.05) is 26.5 Å². The standard InChI is InChI=1S/C23H28N2O4/c1-6-21(26)24-17-8-9-18(25(4)5)22(23(17)29-14-15(2)3)16-7-10-19-20(13-16)28-12-11-27-19/h6-10,13,15H,1,11-12,14H2,2-5H3,(H,24,26). The lowest BCUT2D eigenvalue weighted by molar-refractivity contribution is -0.111. The number of amides is 1. The summed E-state index contributed by atoms with van der Waals surface area (Å²) < 4.78 is 17.6. The molecule has 0 fully saturated rings. The molecule has 0 atom stereocenters. The largest absolute Gasteiger partial charge is 0.490 e. The van der Waals surface area contributed by atoms with Crippen molar-refractivity contribution in [3.8, 4) is 28.4 Å². The Morgan fingerprint density at radius 3 is 2.59 bits per heavy atom. The summed E-state index contributed by atoms with van der Waals surface area (Å²) in [4.78, 5) is 14.0. The summed E-state index contributed by atoms with van der Waals surface area (Å²) in [6.45, 7) is 9.29. The van der Waals surface area contributed by atoms with Crippen molar-refractivity contribution < 1.29 is 19.0 Å². The van der Waals surface area contributed by atoms with Crippen LogP contribution in [0.1, 0.15) is 13.8 Å². The van der Waals surface area contributed by atoms with Gasteiger partial charge in [-0.2, -0.15) is 0 Å². The van der Waals surface area contributed by atoms with Crippen molar-refractivity contribution >= 4 is 17.3 Å². The number of hydrogen-bond donors (Lipinski definition) is 1. The fourth-order valence-corrected chi connectivity index (χ4v) is 3.10. The van der Waals surface area contributed by atoms with Crippen LogP contribution >= 0.6 is 0 Å². The molecule has 0 unspecified atom stereocenters. The molecule has 2 aromatic rings. The van der Waals surface area contributed by atoms with E-state index in [4.69, 9.17) is 14.2 Å². The second kappa shape index (κ2) is 8.90. The second-order valence-corrected chi connectivity index (χ2v) is 7.49. The Bertz CT molecular complexity index is 906. The Balaban J connectivity index is 2.18. The first-order valence-electron chi connectivity index (χ1n) is 9.71. The lowest BCUT2D eigenvalue weighted by atomic mass is 9.99. The third kappa shape index (κ3) is 4.65. The van der Waals surface area contributed by atoms with Crippen LogP contribution in [0.25, 0.3) is 11.1 Å². The third-order valence-electron chi connectivity index (χ3n) is 4.45. The topological polar surface area (TPSA) is 60.0 Å². The molecule has 3 rings (SSSR count). The van der Waals surface area contributed by atoms with Gasteiger partial charge in [0.2, 0.25) is 5.91 Å². The zero-order valence-corrected chi connectivity index (χ0v) is 17.5. The molecular formula is C23H28N2O4. The summed E-state index contributed by atoms with van der Waals surface area (Å²) in [5, 5.41) is 2.87. The van der Waals surface area contributed by atoms with Crippen LogP contribution in [0.2, 0.25) is 0 Å². The molecular weight excluding hydrogens is 368 g/mol. The van der Waals surface area contributed by atoms with Crippen LogP contribution in [-0.4, -0.2) is 39.8 Å².